The minimum absolute atomic E-state index is 0. The molecule has 6 N–H and O–H groups in total. The van der Waals surface area contributed by atoms with Gasteiger partial charge in [-0.05, 0) is 6.92 Å². The molecule has 0 aliphatic carbocycles. The highest BCUT2D eigenvalue weighted by Crippen LogP contribution is 2.23. The van der Waals surface area contributed by atoms with E-state index in [-0.39, 0.29) is 30.8 Å². The molecule has 0 saturated carbocycles. The Balaban J connectivity index is 0.00000162. The molecule has 0 amide bonds. The van der Waals surface area contributed by atoms with E-state index in [4.69, 9.17) is 11.1 Å². The number of imidazole rings is 1. The van der Waals surface area contributed by atoms with Crippen LogP contribution in [0.15, 0.2) is 11.6 Å². The lowest BCUT2D eigenvalue weighted by molar-refractivity contribution is 1.14. The van der Waals surface area contributed by atoms with E-state index in [0.29, 0.717) is 5.13 Å². The van der Waals surface area contributed by atoms with E-state index in [0.717, 1.165) is 23.9 Å². The number of thiazole rings is 1. The van der Waals surface area contributed by atoms with Crippen molar-refractivity contribution in [2.45, 2.75) is 6.92 Å². The molecule has 2 heterocycles. The monoisotopic (exact) mass is 323 g/mol. The van der Waals surface area contributed by atoms with E-state index in [1.54, 1.807) is 6.20 Å². The first-order valence-electron chi connectivity index (χ1n) is 5.05. The topological polar surface area (TPSA) is 116 Å². The Labute approximate surface area is 126 Å². The zero-order chi connectivity index (χ0) is 12.3. The maximum atomic E-state index is 7.11. The van der Waals surface area contributed by atoms with E-state index in [1.165, 1.54) is 11.3 Å². The Hall–Kier alpha value is -1.51. The molecule has 0 radical (unpaired) electrons. The number of nitrogens with zero attached hydrogens (tertiary/aromatic N) is 2. The van der Waals surface area contributed by atoms with Gasteiger partial charge in [0.25, 0.3) is 0 Å². The lowest BCUT2D eigenvalue weighted by Gasteiger charge is -1.95. The van der Waals surface area contributed by atoms with Crippen molar-refractivity contribution in [2.24, 2.45) is 5.73 Å². The second kappa shape index (κ2) is 7.82. The van der Waals surface area contributed by atoms with Gasteiger partial charge < -0.3 is 21.4 Å². The van der Waals surface area contributed by atoms with Crippen molar-refractivity contribution >= 4 is 53.2 Å². The predicted molar refractivity (Wildman–Crippen MR) is 83.9 cm³/mol. The molecule has 10 heteroatoms. The number of nitrogens with one attached hydrogen (secondary N) is 4. The molecule has 0 atom stereocenters. The quantitative estimate of drug-likeness (QED) is 0.436. The highest BCUT2D eigenvalue weighted by atomic mass is 35.5. The molecule has 0 aliphatic rings. The average molecular weight is 324 g/mol. The van der Waals surface area contributed by atoms with Crippen LogP contribution in [-0.2, 0) is 0 Å². The fraction of sp³-hybridized carbons (Fsp3) is 0.222. The van der Waals surface area contributed by atoms with Crippen molar-refractivity contribution in [1.82, 2.24) is 15.0 Å². The van der Waals surface area contributed by atoms with Crippen LogP contribution >= 0.6 is 36.2 Å². The highest BCUT2D eigenvalue weighted by Gasteiger charge is 2.08. The second-order valence-corrected chi connectivity index (χ2v) is 4.10. The normalized spacial score (nSPS) is 9.11. The molecule has 0 spiro atoms. The third-order valence-corrected chi connectivity index (χ3v) is 2.69. The lowest BCUT2D eigenvalue weighted by Crippen LogP contribution is -2.20. The SMILES string of the molecule is CCNc1nc(-c2csc(NC(=N)N)n2)c[nH]1.Cl.Cl. The van der Waals surface area contributed by atoms with Gasteiger partial charge >= 0.3 is 0 Å². The number of aromatic amines is 1. The maximum Gasteiger partial charge on any atom is 0.200 e. The van der Waals surface area contributed by atoms with Gasteiger partial charge in [0.15, 0.2) is 11.1 Å². The van der Waals surface area contributed by atoms with Gasteiger partial charge in [0.05, 0.1) is 0 Å². The number of guanidine groups is 1. The maximum absolute atomic E-state index is 7.11. The zero-order valence-electron chi connectivity index (χ0n) is 10.1. The molecule has 2 aromatic heterocycles. The molecule has 0 aliphatic heterocycles. The fourth-order valence-corrected chi connectivity index (χ4v) is 1.99. The number of rotatable bonds is 4. The van der Waals surface area contributed by atoms with E-state index in [2.05, 4.69) is 25.6 Å². The number of anilines is 2. The Morgan fingerprint density at radius 2 is 2.16 bits per heavy atom. The summed E-state index contributed by atoms with van der Waals surface area (Å²) >= 11 is 1.38. The summed E-state index contributed by atoms with van der Waals surface area (Å²) in [5.74, 6) is 0.595. The Morgan fingerprint density at radius 3 is 2.79 bits per heavy atom. The van der Waals surface area contributed by atoms with Crippen LogP contribution in [0.5, 0.6) is 0 Å². The van der Waals surface area contributed by atoms with Crippen molar-refractivity contribution in [3.8, 4) is 11.4 Å². The van der Waals surface area contributed by atoms with Crippen LogP contribution in [0, 0.1) is 5.41 Å². The van der Waals surface area contributed by atoms with E-state index < -0.39 is 0 Å². The van der Waals surface area contributed by atoms with Gasteiger partial charge in [-0.2, -0.15) is 0 Å². The molecule has 7 nitrogen and oxygen atoms in total. The number of H-pyrrole nitrogens is 1. The van der Waals surface area contributed by atoms with Crippen LogP contribution < -0.4 is 16.4 Å². The molecule has 0 bridgehead atoms. The first-order valence-corrected chi connectivity index (χ1v) is 5.93. The van der Waals surface area contributed by atoms with Gasteiger partial charge in [-0.1, -0.05) is 0 Å². The summed E-state index contributed by atoms with van der Waals surface area (Å²) in [4.78, 5) is 11.6. The zero-order valence-corrected chi connectivity index (χ0v) is 12.5. The molecule has 2 aromatic rings. The first kappa shape index (κ1) is 17.5. The second-order valence-electron chi connectivity index (χ2n) is 3.24. The van der Waals surface area contributed by atoms with E-state index in [9.17, 15) is 0 Å². The summed E-state index contributed by atoms with van der Waals surface area (Å²) in [6.07, 6.45) is 1.78. The van der Waals surface area contributed by atoms with Gasteiger partial charge in [0, 0.05) is 18.1 Å². The minimum Gasteiger partial charge on any atom is -0.370 e. The minimum atomic E-state index is -0.124. The molecule has 19 heavy (non-hydrogen) atoms. The molecule has 0 aromatic carbocycles. The predicted octanol–water partition coefficient (Wildman–Crippen LogP) is 2.11. The van der Waals surface area contributed by atoms with Crippen molar-refractivity contribution < 1.29 is 0 Å². The molecular weight excluding hydrogens is 309 g/mol. The molecular formula is C9H15Cl2N7S. The summed E-state index contributed by atoms with van der Waals surface area (Å²) in [6, 6.07) is 0. The first-order chi connectivity index (χ1) is 8.19. The van der Waals surface area contributed by atoms with Gasteiger partial charge in [-0.15, -0.1) is 36.2 Å². The Morgan fingerprint density at radius 1 is 1.42 bits per heavy atom. The van der Waals surface area contributed by atoms with Crippen LogP contribution in [0.3, 0.4) is 0 Å². The van der Waals surface area contributed by atoms with Crippen molar-refractivity contribution in [3.05, 3.63) is 11.6 Å². The number of aromatic nitrogens is 3. The van der Waals surface area contributed by atoms with Crippen LogP contribution in [-0.4, -0.2) is 27.5 Å². The molecule has 0 saturated heterocycles. The smallest absolute Gasteiger partial charge is 0.200 e. The lowest BCUT2D eigenvalue weighted by atomic mass is 10.4. The summed E-state index contributed by atoms with van der Waals surface area (Å²) in [7, 11) is 0. The highest BCUT2D eigenvalue weighted by molar-refractivity contribution is 7.14. The molecule has 106 valence electrons. The number of halogens is 2. The Kier molecular flexibility index (Phi) is 7.20. The molecule has 0 unspecified atom stereocenters. The number of hydrogen-bond acceptors (Lipinski definition) is 5. The van der Waals surface area contributed by atoms with Gasteiger partial charge in [0.1, 0.15) is 11.4 Å². The molecule has 0 fully saturated rings. The van der Waals surface area contributed by atoms with E-state index >= 15 is 0 Å². The van der Waals surface area contributed by atoms with Crippen LogP contribution in [0.25, 0.3) is 11.4 Å². The average Bonchev–Trinajstić information content (AvgIpc) is 2.86. The third-order valence-electron chi connectivity index (χ3n) is 1.93. The van der Waals surface area contributed by atoms with Gasteiger partial charge in [-0.25, -0.2) is 9.97 Å². The summed E-state index contributed by atoms with van der Waals surface area (Å²) in [5.41, 5.74) is 6.73. The third kappa shape index (κ3) is 4.58. The summed E-state index contributed by atoms with van der Waals surface area (Å²) < 4.78 is 0. The summed E-state index contributed by atoms with van der Waals surface area (Å²) in [5, 5.41) is 15.3. The van der Waals surface area contributed by atoms with Gasteiger partial charge in [-0.3, -0.25) is 5.41 Å². The van der Waals surface area contributed by atoms with E-state index in [1.807, 2.05) is 12.3 Å². The van der Waals surface area contributed by atoms with Crippen LogP contribution in [0.4, 0.5) is 11.1 Å². The largest absolute Gasteiger partial charge is 0.370 e. The van der Waals surface area contributed by atoms with Crippen LogP contribution in [0.1, 0.15) is 6.92 Å². The van der Waals surface area contributed by atoms with Gasteiger partial charge in [0.2, 0.25) is 5.95 Å². The van der Waals surface area contributed by atoms with Crippen molar-refractivity contribution in [3.63, 3.8) is 0 Å². The number of nitrogens with two attached hydrogens (primary N) is 1. The van der Waals surface area contributed by atoms with Crippen LogP contribution in [0.2, 0.25) is 0 Å². The standard InChI is InChI=1S/C9H13N7S.2ClH/c1-2-12-8-13-3-5(14-8)6-4-17-9(15-6)16-7(10)11;;/h3-4H,2H2,1H3,(H2,12,13,14)(H4,10,11,15,16);2*1H. The van der Waals surface area contributed by atoms with Crippen molar-refractivity contribution in [1.29, 1.82) is 5.41 Å². The molecule has 2 rings (SSSR count). The Bertz CT molecular complexity index is 524. The van der Waals surface area contributed by atoms with Crippen molar-refractivity contribution in [2.75, 3.05) is 17.2 Å². The summed E-state index contributed by atoms with van der Waals surface area (Å²) in [6.45, 7) is 2.81. The fourth-order valence-electron chi connectivity index (χ4n) is 1.27. The number of hydrogen-bond donors (Lipinski definition) is 5.